The van der Waals surface area contributed by atoms with Crippen LogP contribution in [-0.4, -0.2) is 18.4 Å². The zero-order valence-corrected chi connectivity index (χ0v) is 16.2. The third kappa shape index (κ3) is 6.02. The molecule has 132 valence electrons. The molecule has 1 N–H and O–H groups in total. The Kier molecular flexibility index (Phi) is 6.37. The van der Waals surface area contributed by atoms with Crippen LogP contribution in [0.3, 0.4) is 0 Å². The van der Waals surface area contributed by atoms with Crippen molar-refractivity contribution in [2.24, 2.45) is 0 Å². The fraction of sp³-hybridized carbons (Fsp3) is 0.300. The number of nitrogens with one attached hydrogen (secondary N) is 1. The molecule has 0 heterocycles. The zero-order chi connectivity index (χ0) is 18.4. The molecule has 0 aromatic heterocycles. The molecule has 0 aliphatic carbocycles. The maximum atomic E-state index is 12.1. The normalized spacial score (nSPS) is 11.0. The van der Waals surface area contributed by atoms with Gasteiger partial charge in [0.25, 0.3) is 5.91 Å². The Bertz CT molecular complexity index is 731. The Morgan fingerprint density at radius 3 is 2.16 bits per heavy atom. The summed E-state index contributed by atoms with van der Waals surface area (Å²) < 4.78 is 6.11. The first-order chi connectivity index (χ1) is 11.8. The van der Waals surface area contributed by atoms with Gasteiger partial charge in [0.05, 0.1) is 6.42 Å². The van der Waals surface area contributed by atoms with Crippen LogP contribution >= 0.6 is 15.9 Å². The molecule has 2 rings (SSSR count). The van der Waals surface area contributed by atoms with E-state index in [-0.39, 0.29) is 30.3 Å². The minimum absolute atomic E-state index is 0.0474. The fourth-order valence-electron chi connectivity index (χ4n) is 2.19. The molecule has 0 fully saturated rings. The van der Waals surface area contributed by atoms with Crippen molar-refractivity contribution in [3.63, 3.8) is 0 Å². The van der Waals surface area contributed by atoms with Crippen LogP contribution in [0, 0.1) is 0 Å². The number of hydrogen-bond donors (Lipinski definition) is 1. The van der Waals surface area contributed by atoms with Crippen molar-refractivity contribution in [2.45, 2.75) is 32.6 Å². The lowest BCUT2D eigenvalue weighted by atomic mass is 9.87. The highest BCUT2D eigenvalue weighted by molar-refractivity contribution is 9.10. The molecule has 0 saturated carbocycles. The number of hydrogen-bond acceptors (Lipinski definition) is 3. The van der Waals surface area contributed by atoms with Gasteiger partial charge in [-0.1, -0.05) is 48.8 Å². The van der Waals surface area contributed by atoms with Crippen molar-refractivity contribution in [1.29, 1.82) is 0 Å². The van der Waals surface area contributed by atoms with Gasteiger partial charge in [0.1, 0.15) is 5.75 Å². The van der Waals surface area contributed by atoms with Crippen LogP contribution in [0.4, 0.5) is 0 Å². The molecule has 1 amide bonds. The van der Waals surface area contributed by atoms with E-state index >= 15 is 0 Å². The standard InChI is InChI=1S/C20H22BrNO3/c1-20(2,3)15-6-4-14(5-7-15)19(24)22-13-12-18(23)25-17-10-8-16(21)9-11-17/h4-11H,12-13H2,1-3H3,(H,22,24). The van der Waals surface area contributed by atoms with Crippen LogP contribution in [0.15, 0.2) is 53.0 Å². The highest BCUT2D eigenvalue weighted by Gasteiger charge is 2.14. The molecule has 0 spiro atoms. The molecule has 0 aliphatic rings. The Balaban J connectivity index is 1.79. The molecule has 0 aliphatic heterocycles. The van der Waals surface area contributed by atoms with E-state index in [1.54, 1.807) is 36.4 Å². The SMILES string of the molecule is CC(C)(C)c1ccc(C(=O)NCCC(=O)Oc2ccc(Br)cc2)cc1. The van der Waals surface area contributed by atoms with Gasteiger partial charge in [0, 0.05) is 16.6 Å². The minimum atomic E-state index is -0.384. The second-order valence-corrected chi connectivity index (χ2v) is 7.68. The molecular weight excluding hydrogens is 382 g/mol. The van der Waals surface area contributed by atoms with Gasteiger partial charge < -0.3 is 10.1 Å². The molecule has 0 bridgehead atoms. The van der Waals surface area contributed by atoms with E-state index in [0.29, 0.717) is 11.3 Å². The maximum absolute atomic E-state index is 12.1. The van der Waals surface area contributed by atoms with Crippen LogP contribution in [0.25, 0.3) is 0 Å². The number of amides is 1. The van der Waals surface area contributed by atoms with E-state index in [2.05, 4.69) is 42.0 Å². The Hall–Kier alpha value is -2.14. The van der Waals surface area contributed by atoms with Crippen molar-refractivity contribution >= 4 is 27.8 Å². The molecule has 0 saturated heterocycles. The summed E-state index contributed by atoms with van der Waals surface area (Å²) in [6.07, 6.45) is 0.113. The minimum Gasteiger partial charge on any atom is -0.426 e. The Morgan fingerprint density at radius 2 is 1.60 bits per heavy atom. The first kappa shape index (κ1) is 19.2. The zero-order valence-electron chi connectivity index (χ0n) is 14.6. The van der Waals surface area contributed by atoms with Crippen molar-refractivity contribution in [3.8, 4) is 5.75 Å². The summed E-state index contributed by atoms with van der Waals surface area (Å²) in [7, 11) is 0. The van der Waals surface area contributed by atoms with Crippen molar-refractivity contribution < 1.29 is 14.3 Å². The number of benzene rings is 2. The van der Waals surface area contributed by atoms with E-state index < -0.39 is 0 Å². The van der Waals surface area contributed by atoms with Crippen LogP contribution in [0.1, 0.15) is 43.1 Å². The predicted molar refractivity (Wildman–Crippen MR) is 102 cm³/mol. The van der Waals surface area contributed by atoms with Crippen LogP contribution < -0.4 is 10.1 Å². The summed E-state index contributed by atoms with van der Waals surface area (Å²) >= 11 is 3.32. The number of rotatable bonds is 5. The van der Waals surface area contributed by atoms with E-state index in [1.165, 1.54) is 5.56 Å². The molecule has 2 aromatic rings. The average molecular weight is 404 g/mol. The van der Waals surface area contributed by atoms with Crippen molar-refractivity contribution in [1.82, 2.24) is 5.32 Å². The number of ether oxygens (including phenoxy) is 1. The third-order valence-corrected chi connectivity index (χ3v) is 4.20. The lowest BCUT2D eigenvalue weighted by molar-refractivity contribution is -0.134. The molecule has 25 heavy (non-hydrogen) atoms. The molecule has 5 heteroatoms. The molecule has 2 aromatic carbocycles. The summed E-state index contributed by atoms with van der Waals surface area (Å²) in [4.78, 5) is 23.9. The van der Waals surface area contributed by atoms with Crippen LogP contribution in [-0.2, 0) is 10.2 Å². The van der Waals surface area contributed by atoms with Crippen molar-refractivity contribution in [3.05, 3.63) is 64.1 Å². The first-order valence-corrected chi connectivity index (χ1v) is 8.90. The highest BCUT2D eigenvalue weighted by atomic mass is 79.9. The van der Waals surface area contributed by atoms with Gasteiger partial charge in [-0.05, 0) is 47.4 Å². The van der Waals surface area contributed by atoms with Gasteiger partial charge in [-0.2, -0.15) is 0 Å². The summed E-state index contributed by atoms with van der Waals surface area (Å²) in [5, 5.41) is 2.74. The topological polar surface area (TPSA) is 55.4 Å². The summed E-state index contributed by atoms with van der Waals surface area (Å²) in [6.45, 7) is 6.60. The molecular formula is C20H22BrNO3. The second kappa shape index (κ2) is 8.30. The summed E-state index contributed by atoms with van der Waals surface area (Å²) in [6, 6.07) is 14.5. The van der Waals surface area contributed by atoms with Gasteiger partial charge >= 0.3 is 5.97 Å². The number of carbonyl (C=O) groups excluding carboxylic acids is 2. The number of esters is 1. The van der Waals surface area contributed by atoms with Crippen LogP contribution in [0.2, 0.25) is 0 Å². The van der Waals surface area contributed by atoms with Gasteiger partial charge in [0.15, 0.2) is 0 Å². The monoisotopic (exact) mass is 403 g/mol. The van der Waals surface area contributed by atoms with Crippen molar-refractivity contribution in [2.75, 3.05) is 6.54 Å². The smallest absolute Gasteiger partial charge is 0.312 e. The predicted octanol–water partition coefficient (Wildman–Crippen LogP) is 4.47. The summed E-state index contributed by atoms with van der Waals surface area (Å²) in [5.74, 6) is -0.0973. The maximum Gasteiger partial charge on any atom is 0.312 e. The number of halogens is 1. The van der Waals surface area contributed by atoms with E-state index in [1.807, 2.05) is 12.1 Å². The fourth-order valence-corrected chi connectivity index (χ4v) is 2.45. The lowest BCUT2D eigenvalue weighted by Gasteiger charge is -2.19. The van der Waals surface area contributed by atoms with Gasteiger partial charge in [-0.15, -0.1) is 0 Å². The van der Waals surface area contributed by atoms with E-state index in [0.717, 1.165) is 4.47 Å². The quantitative estimate of drug-likeness (QED) is 0.591. The molecule has 0 unspecified atom stereocenters. The number of carbonyl (C=O) groups is 2. The lowest BCUT2D eigenvalue weighted by Crippen LogP contribution is -2.27. The third-order valence-electron chi connectivity index (χ3n) is 3.67. The highest BCUT2D eigenvalue weighted by Crippen LogP contribution is 2.22. The molecule has 0 atom stereocenters. The molecule has 4 nitrogen and oxygen atoms in total. The molecule has 0 radical (unpaired) electrons. The average Bonchev–Trinajstić information content (AvgIpc) is 2.56. The second-order valence-electron chi connectivity index (χ2n) is 6.76. The largest absolute Gasteiger partial charge is 0.426 e. The van der Waals surface area contributed by atoms with Gasteiger partial charge in [-0.25, -0.2) is 0 Å². The first-order valence-electron chi connectivity index (χ1n) is 8.11. The Labute approximate surface area is 156 Å². The van der Waals surface area contributed by atoms with E-state index in [9.17, 15) is 9.59 Å². The van der Waals surface area contributed by atoms with Gasteiger partial charge in [-0.3, -0.25) is 9.59 Å². The van der Waals surface area contributed by atoms with Crippen LogP contribution in [0.5, 0.6) is 5.75 Å². The Morgan fingerprint density at radius 1 is 1.00 bits per heavy atom. The summed E-state index contributed by atoms with van der Waals surface area (Å²) in [5.41, 5.74) is 1.79. The van der Waals surface area contributed by atoms with Gasteiger partial charge in [0.2, 0.25) is 0 Å². The van der Waals surface area contributed by atoms with E-state index in [4.69, 9.17) is 4.74 Å².